The summed E-state index contributed by atoms with van der Waals surface area (Å²) in [5, 5.41) is 0. The van der Waals surface area contributed by atoms with E-state index in [1.807, 2.05) is 0 Å². The Morgan fingerprint density at radius 2 is 1.89 bits per heavy atom. The number of pyridine rings is 1. The molecule has 14 heteroatoms. The van der Waals surface area contributed by atoms with Crippen LogP contribution in [0.4, 0.5) is 13.2 Å². The van der Waals surface area contributed by atoms with Gasteiger partial charge >= 0.3 is 12.1 Å². The summed E-state index contributed by atoms with van der Waals surface area (Å²) < 4.78 is 82.9. The van der Waals surface area contributed by atoms with Crippen LogP contribution in [0.15, 0.2) is 18.3 Å². The summed E-state index contributed by atoms with van der Waals surface area (Å²) >= 11 is 0. The first-order chi connectivity index (χ1) is 17.6. The van der Waals surface area contributed by atoms with E-state index in [1.165, 1.54) is 33.4 Å². The van der Waals surface area contributed by atoms with Gasteiger partial charge in [0.05, 0.1) is 19.3 Å². The number of hydrogen-bond donors (Lipinski definition) is 1. The minimum absolute atomic E-state index is 0.0147. The maximum Gasteiger partial charge on any atom is 0.490 e. The lowest BCUT2D eigenvalue weighted by Crippen LogP contribution is -2.51. The number of rotatable bonds is 8. The molecular formula is C23H33F3N4O6S. The lowest BCUT2D eigenvalue weighted by atomic mass is 9.79. The van der Waals surface area contributed by atoms with Gasteiger partial charge in [-0.05, 0) is 24.3 Å². The summed E-state index contributed by atoms with van der Waals surface area (Å²) in [6.45, 7) is 1.70. The van der Waals surface area contributed by atoms with E-state index in [1.54, 1.807) is 0 Å². The molecule has 0 bridgehead atoms. The van der Waals surface area contributed by atoms with Crippen molar-refractivity contribution in [2.45, 2.75) is 57.0 Å². The number of ether oxygens (including phenoxy) is 3. The zero-order chi connectivity index (χ0) is 26.6. The Bertz CT molecular complexity index is 1030. The molecule has 10 nitrogen and oxygen atoms in total. The van der Waals surface area contributed by atoms with Crippen LogP contribution in [0, 0.1) is 11.8 Å². The van der Waals surface area contributed by atoms with Gasteiger partial charge in [-0.2, -0.15) is 30.2 Å². The predicted molar refractivity (Wildman–Crippen MR) is 125 cm³/mol. The molecule has 3 unspecified atom stereocenters. The standard InChI is InChI=1S/C23H33F3N4O6S/c24-23(25,26)22(31)36-21(27)17-6-7-28-20(13-17)35-15-19-12-18(16-4-2-1-3-5-16)14-30(19)37(32,33)29-8-10-34-11-9-29/h6-7,13,16,18-19,21H,1-5,8-12,14-15,27H2. The molecule has 2 aliphatic heterocycles. The van der Waals surface area contributed by atoms with Gasteiger partial charge in [0.1, 0.15) is 6.61 Å². The second kappa shape index (κ2) is 11.8. The van der Waals surface area contributed by atoms with Crippen LogP contribution >= 0.6 is 0 Å². The summed E-state index contributed by atoms with van der Waals surface area (Å²) in [5.74, 6) is -1.67. The average Bonchev–Trinajstić information content (AvgIpc) is 3.33. The number of nitrogens with two attached hydrogens (primary N) is 1. The monoisotopic (exact) mass is 550 g/mol. The van der Waals surface area contributed by atoms with Crippen molar-refractivity contribution < 1.29 is 40.6 Å². The molecule has 3 atom stereocenters. The quantitative estimate of drug-likeness (QED) is 0.387. The molecule has 3 aliphatic rings. The number of aromatic nitrogens is 1. The Hall–Kier alpha value is -2.00. The van der Waals surface area contributed by atoms with E-state index < -0.39 is 34.6 Å². The average molecular weight is 551 g/mol. The molecule has 4 rings (SSSR count). The van der Waals surface area contributed by atoms with Gasteiger partial charge in [-0.25, -0.2) is 9.78 Å². The topological polar surface area (TPSA) is 124 Å². The Morgan fingerprint density at radius 1 is 1.19 bits per heavy atom. The third kappa shape index (κ3) is 6.91. The zero-order valence-electron chi connectivity index (χ0n) is 20.4. The Morgan fingerprint density at radius 3 is 2.57 bits per heavy atom. The normalized spacial score (nSPS) is 25.6. The summed E-state index contributed by atoms with van der Waals surface area (Å²) in [5.41, 5.74) is 5.67. The van der Waals surface area contributed by atoms with Crippen molar-refractivity contribution in [2.24, 2.45) is 17.6 Å². The smallest absolute Gasteiger partial charge is 0.476 e. The number of alkyl halides is 3. The Balaban J connectivity index is 1.45. The number of morpholine rings is 1. The highest BCUT2D eigenvalue weighted by molar-refractivity contribution is 7.86. The summed E-state index contributed by atoms with van der Waals surface area (Å²) in [7, 11) is -3.73. The van der Waals surface area contributed by atoms with Crippen molar-refractivity contribution >= 4 is 16.2 Å². The van der Waals surface area contributed by atoms with Gasteiger partial charge in [-0.15, -0.1) is 0 Å². The van der Waals surface area contributed by atoms with E-state index in [2.05, 4.69) is 9.72 Å². The van der Waals surface area contributed by atoms with Crippen molar-refractivity contribution in [3.8, 4) is 5.88 Å². The maximum atomic E-state index is 13.5. The fraction of sp³-hybridized carbons (Fsp3) is 0.739. The fourth-order valence-corrected chi connectivity index (χ4v) is 7.15. The van der Waals surface area contributed by atoms with Crippen LogP contribution in [0.5, 0.6) is 5.88 Å². The summed E-state index contributed by atoms with van der Waals surface area (Å²) in [6.07, 6.45) is 0.751. The second-order valence-electron chi connectivity index (χ2n) is 9.70. The van der Waals surface area contributed by atoms with Crippen molar-refractivity contribution in [3.05, 3.63) is 23.9 Å². The van der Waals surface area contributed by atoms with Gasteiger partial charge in [0, 0.05) is 37.5 Å². The van der Waals surface area contributed by atoms with Gasteiger partial charge in [0.2, 0.25) is 5.88 Å². The maximum absolute atomic E-state index is 13.5. The Labute approximate surface area is 214 Å². The highest BCUT2D eigenvalue weighted by Gasteiger charge is 2.45. The SMILES string of the molecule is NC(OC(=O)C(F)(F)F)c1ccnc(OCC2CC(C3CCCCC3)CN2S(=O)(=O)N2CCOCC2)c1. The van der Waals surface area contributed by atoms with Crippen molar-refractivity contribution in [2.75, 3.05) is 39.5 Å². The molecule has 3 heterocycles. The largest absolute Gasteiger partial charge is 0.490 e. The number of carbonyl (C=O) groups is 1. The lowest BCUT2D eigenvalue weighted by molar-refractivity contribution is -0.205. The number of carbonyl (C=O) groups excluding carboxylic acids is 1. The highest BCUT2D eigenvalue weighted by Crippen LogP contribution is 2.39. The molecule has 2 saturated heterocycles. The van der Waals surface area contributed by atoms with Crippen LogP contribution in [-0.4, -0.2) is 79.7 Å². The molecule has 0 amide bonds. The van der Waals surface area contributed by atoms with E-state index in [0.717, 1.165) is 25.7 Å². The van der Waals surface area contributed by atoms with Crippen LogP contribution in [0.1, 0.15) is 50.3 Å². The number of halogens is 3. The first-order valence-electron chi connectivity index (χ1n) is 12.5. The Kier molecular flexibility index (Phi) is 8.94. The zero-order valence-corrected chi connectivity index (χ0v) is 21.3. The van der Waals surface area contributed by atoms with Crippen molar-refractivity contribution in [1.29, 1.82) is 0 Å². The molecule has 0 spiro atoms. The summed E-state index contributed by atoms with van der Waals surface area (Å²) in [4.78, 5) is 15.2. The molecular weight excluding hydrogens is 517 g/mol. The van der Waals surface area contributed by atoms with Crippen LogP contribution in [0.2, 0.25) is 0 Å². The number of esters is 1. The molecule has 208 valence electrons. The molecule has 1 aromatic rings. The predicted octanol–water partition coefficient (Wildman–Crippen LogP) is 2.37. The van der Waals surface area contributed by atoms with Gasteiger partial charge in [0.15, 0.2) is 6.23 Å². The molecule has 2 N–H and O–H groups in total. The van der Waals surface area contributed by atoms with E-state index in [-0.39, 0.29) is 24.0 Å². The molecule has 1 aromatic heterocycles. The first-order valence-corrected chi connectivity index (χ1v) is 13.9. The van der Waals surface area contributed by atoms with E-state index >= 15 is 0 Å². The van der Waals surface area contributed by atoms with Crippen molar-refractivity contribution in [3.63, 3.8) is 0 Å². The van der Waals surface area contributed by atoms with Crippen LogP contribution < -0.4 is 10.5 Å². The van der Waals surface area contributed by atoms with E-state index in [0.29, 0.717) is 45.2 Å². The number of nitrogens with zero attached hydrogens (tertiary/aromatic N) is 3. The second-order valence-corrected chi connectivity index (χ2v) is 11.6. The van der Waals surface area contributed by atoms with E-state index in [9.17, 15) is 26.4 Å². The van der Waals surface area contributed by atoms with Crippen molar-refractivity contribution in [1.82, 2.24) is 13.6 Å². The molecule has 0 radical (unpaired) electrons. The van der Waals surface area contributed by atoms with Crippen LogP contribution in [0.3, 0.4) is 0 Å². The highest BCUT2D eigenvalue weighted by atomic mass is 32.2. The molecule has 1 saturated carbocycles. The lowest BCUT2D eigenvalue weighted by Gasteiger charge is -2.33. The number of hydrogen-bond acceptors (Lipinski definition) is 8. The first kappa shape index (κ1) is 28.0. The molecule has 0 aromatic carbocycles. The minimum Gasteiger partial charge on any atom is -0.476 e. The summed E-state index contributed by atoms with van der Waals surface area (Å²) in [6, 6.07) is 2.16. The molecule has 3 fully saturated rings. The minimum atomic E-state index is -5.17. The third-order valence-corrected chi connectivity index (χ3v) is 9.34. The van der Waals surface area contributed by atoms with Crippen LogP contribution in [0.25, 0.3) is 0 Å². The van der Waals surface area contributed by atoms with E-state index in [4.69, 9.17) is 15.2 Å². The third-order valence-electron chi connectivity index (χ3n) is 7.28. The van der Waals surface area contributed by atoms with Gasteiger partial charge in [-0.3, -0.25) is 5.73 Å². The molecule has 37 heavy (non-hydrogen) atoms. The van der Waals surface area contributed by atoms with Gasteiger partial charge in [-0.1, -0.05) is 32.1 Å². The van der Waals surface area contributed by atoms with Gasteiger partial charge in [0.25, 0.3) is 10.2 Å². The molecule has 1 aliphatic carbocycles. The van der Waals surface area contributed by atoms with Gasteiger partial charge < -0.3 is 14.2 Å². The fourth-order valence-electron chi connectivity index (χ4n) is 5.34. The van der Waals surface area contributed by atoms with Crippen LogP contribution in [-0.2, 0) is 24.5 Å².